The predicted octanol–water partition coefficient (Wildman–Crippen LogP) is 3.34. The van der Waals surface area contributed by atoms with Crippen molar-refractivity contribution in [2.24, 2.45) is 5.92 Å². The number of anilines is 1. The van der Waals surface area contributed by atoms with E-state index >= 15 is 0 Å². The van der Waals surface area contributed by atoms with Crippen molar-refractivity contribution in [2.45, 2.75) is 20.0 Å². The van der Waals surface area contributed by atoms with Crippen molar-refractivity contribution >= 4 is 23.7 Å². The summed E-state index contributed by atoms with van der Waals surface area (Å²) in [7, 11) is 2.42. The standard InChI is InChI=1S/C22H25NO7/c1-4-29-19-11-10-15(13-18(20(24)27-2)21(25)28-3)12-16(19)14-30-22(26)23-17-8-6-5-7-9-17/h5-12,18H,4,13-14H2,1-3H3,(H,23,26). The topological polar surface area (TPSA) is 100 Å². The molecule has 0 saturated carbocycles. The molecule has 0 aliphatic rings. The van der Waals surface area contributed by atoms with Crippen LogP contribution in [0.15, 0.2) is 48.5 Å². The molecule has 0 heterocycles. The van der Waals surface area contributed by atoms with Gasteiger partial charge < -0.3 is 18.9 Å². The zero-order valence-electron chi connectivity index (χ0n) is 17.2. The van der Waals surface area contributed by atoms with Gasteiger partial charge in [-0.25, -0.2) is 4.79 Å². The summed E-state index contributed by atoms with van der Waals surface area (Å²) in [5, 5.41) is 2.63. The molecule has 0 aromatic heterocycles. The molecule has 0 spiro atoms. The van der Waals surface area contributed by atoms with Crippen LogP contribution in [-0.4, -0.2) is 38.9 Å². The van der Waals surface area contributed by atoms with Gasteiger partial charge in [0.2, 0.25) is 0 Å². The molecule has 0 unspecified atom stereocenters. The van der Waals surface area contributed by atoms with Gasteiger partial charge in [0.15, 0.2) is 5.92 Å². The Kier molecular flexibility index (Phi) is 8.68. The number of ether oxygens (including phenoxy) is 4. The monoisotopic (exact) mass is 415 g/mol. The lowest BCUT2D eigenvalue weighted by Gasteiger charge is -2.15. The van der Waals surface area contributed by atoms with Gasteiger partial charge in [-0.1, -0.05) is 24.3 Å². The highest BCUT2D eigenvalue weighted by Gasteiger charge is 2.29. The molecule has 0 fully saturated rings. The molecule has 0 radical (unpaired) electrons. The number of methoxy groups -OCH3 is 2. The predicted molar refractivity (Wildman–Crippen MR) is 109 cm³/mol. The van der Waals surface area contributed by atoms with Crippen molar-refractivity contribution in [1.29, 1.82) is 0 Å². The Bertz CT molecular complexity index is 851. The van der Waals surface area contributed by atoms with Crippen LogP contribution in [0.3, 0.4) is 0 Å². The van der Waals surface area contributed by atoms with Gasteiger partial charge in [-0.05, 0) is 43.2 Å². The van der Waals surface area contributed by atoms with E-state index in [9.17, 15) is 14.4 Å². The fourth-order valence-electron chi connectivity index (χ4n) is 2.77. The van der Waals surface area contributed by atoms with Gasteiger partial charge >= 0.3 is 18.0 Å². The first-order valence-electron chi connectivity index (χ1n) is 9.37. The third-order valence-electron chi connectivity index (χ3n) is 4.21. The Labute approximate surface area is 175 Å². The van der Waals surface area contributed by atoms with Crippen LogP contribution in [0.5, 0.6) is 5.75 Å². The van der Waals surface area contributed by atoms with Gasteiger partial charge in [0, 0.05) is 11.3 Å². The van der Waals surface area contributed by atoms with Crippen LogP contribution in [0.4, 0.5) is 10.5 Å². The lowest BCUT2D eigenvalue weighted by molar-refractivity contribution is -0.158. The molecule has 2 rings (SSSR count). The summed E-state index contributed by atoms with van der Waals surface area (Å²) in [6, 6.07) is 14.1. The molecule has 1 amide bonds. The van der Waals surface area contributed by atoms with Crippen LogP contribution in [0.2, 0.25) is 0 Å². The minimum absolute atomic E-state index is 0.0526. The molecule has 30 heavy (non-hydrogen) atoms. The Hall–Kier alpha value is -3.55. The minimum atomic E-state index is -1.09. The van der Waals surface area contributed by atoms with Gasteiger partial charge in [0.05, 0.1) is 20.8 Å². The molecule has 0 aliphatic heterocycles. The summed E-state index contributed by atoms with van der Waals surface area (Å²) in [6.45, 7) is 2.21. The summed E-state index contributed by atoms with van der Waals surface area (Å²) >= 11 is 0. The van der Waals surface area contributed by atoms with Crippen molar-refractivity contribution in [1.82, 2.24) is 0 Å². The fourth-order valence-corrected chi connectivity index (χ4v) is 2.77. The summed E-state index contributed by atoms with van der Waals surface area (Å²) in [5.74, 6) is -1.92. The van der Waals surface area contributed by atoms with Gasteiger partial charge in [0.25, 0.3) is 0 Å². The van der Waals surface area contributed by atoms with E-state index in [1.807, 2.05) is 13.0 Å². The summed E-state index contributed by atoms with van der Waals surface area (Å²) in [6.07, 6.45) is -0.536. The molecule has 2 aromatic carbocycles. The van der Waals surface area contributed by atoms with Gasteiger partial charge in [-0.15, -0.1) is 0 Å². The quantitative estimate of drug-likeness (QED) is 0.381. The average molecular weight is 415 g/mol. The van der Waals surface area contributed by atoms with Crippen LogP contribution >= 0.6 is 0 Å². The number of amides is 1. The van der Waals surface area contributed by atoms with Crippen LogP contribution in [-0.2, 0) is 36.8 Å². The third-order valence-corrected chi connectivity index (χ3v) is 4.21. The zero-order valence-corrected chi connectivity index (χ0v) is 17.2. The van der Waals surface area contributed by atoms with Crippen molar-refractivity contribution in [3.8, 4) is 5.75 Å². The molecular formula is C22H25NO7. The van der Waals surface area contributed by atoms with E-state index in [0.717, 1.165) is 0 Å². The number of rotatable bonds is 9. The number of esters is 2. The van der Waals surface area contributed by atoms with E-state index in [1.165, 1.54) is 14.2 Å². The number of hydrogen-bond donors (Lipinski definition) is 1. The first-order valence-corrected chi connectivity index (χ1v) is 9.37. The van der Waals surface area contributed by atoms with Crippen molar-refractivity contribution in [3.63, 3.8) is 0 Å². The number of nitrogens with one attached hydrogen (secondary N) is 1. The molecule has 0 saturated heterocycles. The van der Waals surface area contributed by atoms with Gasteiger partial charge in [0.1, 0.15) is 12.4 Å². The van der Waals surface area contributed by atoms with Crippen molar-refractivity contribution < 1.29 is 33.3 Å². The Balaban J connectivity index is 2.13. The number of hydrogen-bond acceptors (Lipinski definition) is 7. The smallest absolute Gasteiger partial charge is 0.411 e. The largest absolute Gasteiger partial charge is 0.493 e. The fraction of sp³-hybridized carbons (Fsp3) is 0.318. The summed E-state index contributed by atoms with van der Waals surface area (Å²) in [5.41, 5.74) is 1.88. The second kappa shape index (κ2) is 11.5. The molecule has 0 bridgehead atoms. The summed E-state index contributed by atoms with van der Waals surface area (Å²) in [4.78, 5) is 35.9. The van der Waals surface area contributed by atoms with Crippen LogP contribution in [0, 0.1) is 5.92 Å². The van der Waals surface area contributed by atoms with Crippen molar-refractivity contribution in [3.05, 3.63) is 59.7 Å². The Morgan fingerprint density at radius 3 is 2.23 bits per heavy atom. The van der Waals surface area contributed by atoms with Crippen LogP contribution in [0.1, 0.15) is 18.1 Å². The van der Waals surface area contributed by atoms with Gasteiger partial charge in [-0.3, -0.25) is 14.9 Å². The zero-order chi connectivity index (χ0) is 21.9. The Morgan fingerprint density at radius 1 is 0.967 bits per heavy atom. The van der Waals surface area contributed by atoms with Crippen LogP contribution in [0.25, 0.3) is 0 Å². The third kappa shape index (κ3) is 6.51. The number of para-hydroxylation sites is 1. The van der Waals surface area contributed by atoms with E-state index < -0.39 is 23.9 Å². The minimum Gasteiger partial charge on any atom is -0.493 e. The lowest BCUT2D eigenvalue weighted by Crippen LogP contribution is -2.28. The maximum atomic E-state index is 12.1. The van der Waals surface area contributed by atoms with E-state index in [0.29, 0.717) is 29.2 Å². The van der Waals surface area contributed by atoms with E-state index in [1.54, 1.807) is 42.5 Å². The Morgan fingerprint density at radius 2 is 1.63 bits per heavy atom. The maximum absolute atomic E-state index is 12.1. The molecule has 8 heteroatoms. The first kappa shape index (κ1) is 22.7. The van der Waals surface area contributed by atoms with Gasteiger partial charge in [-0.2, -0.15) is 0 Å². The molecule has 0 aliphatic carbocycles. The number of carbonyl (C=O) groups is 3. The lowest BCUT2D eigenvalue weighted by atomic mass is 9.97. The highest BCUT2D eigenvalue weighted by atomic mass is 16.6. The molecular weight excluding hydrogens is 390 g/mol. The molecule has 160 valence electrons. The average Bonchev–Trinajstić information content (AvgIpc) is 2.77. The summed E-state index contributed by atoms with van der Waals surface area (Å²) < 4.78 is 20.3. The van der Waals surface area contributed by atoms with E-state index in [-0.39, 0.29) is 13.0 Å². The molecule has 2 aromatic rings. The van der Waals surface area contributed by atoms with E-state index in [2.05, 4.69) is 5.32 Å². The normalized spacial score (nSPS) is 10.3. The van der Waals surface area contributed by atoms with Crippen molar-refractivity contribution in [2.75, 3.05) is 26.1 Å². The SMILES string of the molecule is CCOc1ccc(CC(C(=O)OC)C(=O)OC)cc1COC(=O)Nc1ccccc1. The first-order chi connectivity index (χ1) is 14.5. The number of carbonyl (C=O) groups excluding carboxylic acids is 3. The highest BCUT2D eigenvalue weighted by molar-refractivity contribution is 5.95. The molecule has 1 N–H and O–H groups in total. The van der Waals surface area contributed by atoms with E-state index in [4.69, 9.17) is 18.9 Å². The highest BCUT2D eigenvalue weighted by Crippen LogP contribution is 2.24. The number of benzene rings is 2. The second-order valence-electron chi connectivity index (χ2n) is 6.25. The second-order valence-corrected chi connectivity index (χ2v) is 6.25. The molecule has 0 atom stereocenters. The van der Waals surface area contributed by atoms with Crippen LogP contribution < -0.4 is 10.1 Å². The maximum Gasteiger partial charge on any atom is 0.411 e. The molecule has 8 nitrogen and oxygen atoms in total.